The predicted molar refractivity (Wildman–Crippen MR) is 96.7 cm³/mol. The molecule has 0 aliphatic rings. The lowest BCUT2D eigenvalue weighted by Crippen LogP contribution is -3.09. The Morgan fingerprint density at radius 2 is 1.50 bits per heavy atom. The van der Waals surface area contributed by atoms with Crippen LogP contribution in [0.5, 0.6) is 11.5 Å². The lowest BCUT2D eigenvalue weighted by atomic mass is 10.2. The summed E-state index contributed by atoms with van der Waals surface area (Å²) in [5.74, 6) is 1.77. The van der Waals surface area contributed by atoms with Crippen molar-refractivity contribution in [1.29, 1.82) is 0 Å². The maximum atomic E-state index is 5.77. The van der Waals surface area contributed by atoms with Crippen LogP contribution in [0.4, 0.5) is 0 Å². The highest BCUT2D eigenvalue weighted by atomic mass is 16.5. The van der Waals surface area contributed by atoms with Crippen LogP contribution in [0.1, 0.15) is 12.0 Å². The number of likely N-dealkylation sites (N-methyl/N-ethyl adjacent to an activating group) is 1. The lowest BCUT2D eigenvalue weighted by Gasteiger charge is -2.09. The lowest BCUT2D eigenvalue weighted by molar-refractivity contribution is -0.874. The zero-order valence-corrected chi connectivity index (χ0v) is 14.8. The molecule has 0 unspecified atom stereocenters. The molecule has 0 aliphatic heterocycles. The summed E-state index contributed by atoms with van der Waals surface area (Å²) < 4.78 is 11.5. The van der Waals surface area contributed by atoms with Gasteiger partial charge in [-0.3, -0.25) is 0 Å². The number of quaternary nitrogens is 2. The summed E-state index contributed by atoms with van der Waals surface area (Å²) in [5, 5.41) is 2.36. The summed E-state index contributed by atoms with van der Waals surface area (Å²) in [6.07, 6.45) is 1.06. The fourth-order valence-corrected chi connectivity index (χ4v) is 2.33. The van der Waals surface area contributed by atoms with Gasteiger partial charge in [-0.05, 0) is 29.8 Å². The van der Waals surface area contributed by atoms with E-state index in [0.29, 0.717) is 6.61 Å². The predicted octanol–water partition coefficient (Wildman–Crippen LogP) is 0.742. The maximum absolute atomic E-state index is 5.77. The van der Waals surface area contributed by atoms with Gasteiger partial charge in [0.2, 0.25) is 0 Å². The molecule has 0 radical (unpaired) electrons. The first-order valence-electron chi connectivity index (χ1n) is 8.74. The number of hydrogen-bond donors (Lipinski definition) is 2. The van der Waals surface area contributed by atoms with Gasteiger partial charge in [0.15, 0.2) is 0 Å². The van der Waals surface area contributed by atoms with E-state index in [0.717, 1.165) is 31.1 Å². The molecular formula is C20H30N2O2+2. The minimum atomic E-state index is 0.589. The van der Waals surface area contributed by atoms with Crippen LogP contribution in [0.3, 0.4) is 0 Å². The van der Waals surface area contributed by atoms with Crippen molar-refractivity contribution in [1.82, 2.24) is 0 Å². The normalized spacial score (nSPS) is 10.8. The van der Waals surface area contributed by atoms with Gasteiger partial charge in [0.25, 0.3) is 0 Å². The average Bonchev–Trinajstić information content (AvgIpc) is 2.61. The van der Waals surface area contributed by atoms with Gasteiger partial charge in [0.05, 0.1) is 27.2 Å². The highest BCUT2D eigenvalue weighted by Crippen LogP contribution is 2.18. The maximum Gasteiger partial charge on any atom is 0.126 e. The number of rotatable bonds is 11. The van der Waals surface area contributed by atoms with Crippen molar-refractivity contribution in [2.75, 3.05) is 40.3 Å². The van der Waals surface area contributed by atoms with Crippen molar-refractivity contribution in [3.63, 3.8) is 0 Å². The molecule has 0 amide bonds. The second-order valence-electron chi connectivity index (χ2n) is 6.27. The van der Waals surface area contributed by atoms with Crippen molar-refractivity contribution >= 4 is 0 Å². The second kappa shape index (κ2) is 10.7. The van der Waals surface area contributed by atoms with Crippen LogP contribution in [-0.2, 0) is 6.61 Å². The second-order valence-corrected chi connectivity index (χ2v) is 6.27. The molecule has 0 aliphatic carbocycles. The van der Waals surface area contributed by atoms with E-state index in [2.05, 4.69) is 31.5 Å². The van der Waals surface area contributed by atoms with E-state index in [1.807, 2.05) is 42.5 Å². The van der Waals surface area contributed by atoms with Crippen LogP contribution in [0.25, 0.3) is 0 Å². The van der Waals surface area contributed by atoms with Crippen molar-refractivity contribution in [3.05, 3.63) is 60.2 Å². The molecule has 24 heavy (non-hydrogen) atoms. The van der Waals surface area contributed by atoms with E-state index >= 15 is 0 Å². The molecule has 2 rings (SSSR count). The Balaban J connectivity index is 1.60. The summed E-state index contributed by atoms with van der Waals surface area (Å²) in [6.45, 7) is 4.84. The van der Waals surface area contributed by atoms with Gasteiger partial charge >= 0.3 is 0 Å². The fourth-order valence-electron chi connectivity index (χ4n) is 2.33. The van der Waals surface area contributed by atoms with Crippen molar-refractivity contribution < 1.29 is 19.7 Å². The molecule has 0 aromatic heterocycles. The van der Waals surface area contributed by atoms with E-state index in [9.17, 15) is 0 Å². The summed E-state index contributed by atoms with van der Waals surface area (Å²) in [4.78, 5) is 1.50. The molecule has 0 saturated carbocycles. The Hall–Kier alpha value is -2.04. The van der Waals surface area contributed by atoms with Crippen LogP contribution in [0.15, 0.2) is 54.6 Å². The summed E-state index contributed by atoms with van der Waals surface area (Å²) in [7, 11) is 4.37. The first-order valence-corrected chi connectivity index (χ1v) is 8.74. The Labute approximate surface area is 145 Å². The number of nitrogens with one attached hydrogen (secondary N) is 1. The minimum absolute atomic E-state index is 0.589. The first kappa shape index (κ1) is 18.3. The summed E-state index contributed by atoms with van der Waals surface area (Å²) in [5.41, 5.74) is 1.17. The van der Waals surface area contributed by atoms with Crippen LogP contribution in [-0.4, -0.2) is 40.3 Å². The standard InChI is InChI=1S/C20H28N2O2/c1-22(2)15-14-21-13-6-16-23-19-9-11-20(12-10-19)24-17-18-7-4-3-5-8-18/h3-5,7-12,21H,6,13-17H2,1-2H3/p+2. The largest absolute Gasteiger partial charge is 0.493 e. The Bertz CT molecular complexity index is 556. The van der Waals surface area contributed by atoms with Gasteiger partial charge in [-0.2, -0.15) is 0 Å². The molecule has 0 spiro atoms. The van der Waals surface area contributed by atoms with Crippen LogP contribution >= 0.6 is 0 Å². The van der Waals surface area contributed by atoms with E-state index in [4.69, 9.17) is 9.47 Å². The molecular weight excluding hydrogens is 300 g/mol. The SMILES string of the molecule is C[NH+](C)CC[NH2+]CCCOc1ccc(OCc2ccccc2)cc1. The summed E-state index contributed by atoms with van der Waals surface area (Å²) in [6, 6.07) is 18.1. The van der Waals surface area contributed by atoms with Crippen molar-refractivity contribution in [2.24, 2.45) is 0 Å². The Morgan fingerprint density at radius 3 is 2.17 bits per heavy atom. The zero-order chi connectivity index (χ0) is 17.0. The minimum Gasteiger partial charge on any atom is -0.493 e. The highest BCUT2D eigenvalue weighted by molar-refractivity contribution is 5.31. The molecule has 0 heterocycles. The average molecular weight is 330 g/mol. The van der Waals surface area contributed by atoms with Crippen molar-refractivity contribution in [3.8, 4) is 11.5 Å². The molecule has 3 N–H and O–H groups in total. The summed E-state index contributed by atoms with van der Waals surface area (Å²) >= 11 is 0. The Kier molecular flexibility index (Phi) is 8.15. The van der Waals surface area contributed by atoms with Crippen LogP contribution in [0.2, 0.25) is 0 Å². The molecule has 0 saturated heterocycles. The third-order valence-electron chi connectivity index (χ3n) is 3.74. The van der Waals surface area contributed by atoms with Gasteiger partial charge in [0.1, 0.15) is 31.2 Å². The van der Waals surface area contributed by atoms with Gasteiger partial charge < -0.3 is 19.7 Å². The number of nitrogens with two attached hydrogens (primary N) is 1. The topological polar surface area (TPSA) is 39.5 Å². The van der Waals surface area contributed by atoms with Gasteiger partial charge in [-0.25, -0.2) is 0 Å². The van der Waals surface area contributed by atoms with E-state index in [1.54, 1.807) is 0 Å². The van der Waals surface area contributed by atoms with Crippen LogP contribution in [0, 0.1) is 0 Å². The van der Waals surface area contributed by atoms with E-state index in [1.165, 1.54) is 23.6 Å². The van der Waals surface area contributed by atoms with Gasteiger partial charge in [0, 0.05) is 6.42 Å². The Morgan fingerprint density at radius 1 is 0.833 bits per heavy atom. The molecule has 130 valence electrons. The fraction of sp³-hybridized carbons (Fsp3) is 0.400. The van der Waals surface area contributed by atoms with E-state index in [-0.39, 0.29) is 0 Å². The molecule has 0 bridgehead atoms. The first-order chi connectivity index (χ1) is 11.7. The third-order valence-corrected chi connectivity index (χ3v) is 3.74. The molecule has 2 aromatic rings. The van der Waals surface area contributed by atoms with E-state index < -0.39 is 0 Å². The molecule has 0 fully saturated rings. The zero-order valence-electron chi connectivity index (χ0n) is 14.8. The third kappa shape index (κ3) is 7.49. The molecule has 4 nitrogen and oxygen atoms in total. The smallest absolute Gasteiger partial charge is 0.126 e. The quantitative estimate of drug-likeness (QED) is 0.597. The highest BCUT2D eigenvalue weighted by Gasteiger charge is 1.99. The number of benzene rings is 2. The molecule has 2 aromatic carbocycles. The van der Waals surface area contributed by atoms with Crippen LogP contribution < -0.4 is 19.7 Å². The number of hydrogen-bond acceptors (Lipinski definition) is 2. The van der Waals surface area contributed by atoms with Gasteiger partial charge in [-0.15, -0.1) is 0 Å². The molecule has 0 atom stereocenters. The monoisotopic (exact) mass is 330 g/mol. The van der Waals surface area contributed by atoms with Crippen molar-refractivity contribution in [2.45, 2.75) is 13.0 Å². The molecule has 4 heteroatoms. The van der Waals surface area contributed by atoms with Gasteiger partial charge in [-0.1, -0.05) is 30.3 Å². The number of ether oxygens (including phenoxy) is 2.